The van der Waals surface area contributed by atoms with Crippen molar-refractivity contribution in [1.82, 2.24) is 5.32 Å². The van der Waals surface area contributed by atoms with E-state index in [9.17, 15) is 0 Å². The van der Waals surface area contributed by atoms with Gasteiger partial charge in [0.15, 0.2) is 0 Å². The van der Waals surface area contributed by atoms with Gasteiger partial charge in [-0.3, -0.25) is 0 Å². The lowest BCUT2D eigenvalue weighted by molar-refractivity contribution is 0.597. The smallest absolute Gasteiger partial charge is 0.0292 e. The molecule has 19 heavy (non-hydrogen) atoms. The van der Waals surface area contributed by atoms with Crippen molar-refractivity contribution in [2.24, 2.45) is 0 Å². The molecule has 0 bridgehead atoms. The average molecular weight is 277 g/mol. The number of benzene rings is 1. The number of thioether (sulfide) groups is 1. The molecular formula is C17H27NS. The van der Waals surface area contributed by atoms with Crippen LogP contribution in [0, 0.1) is 0 Å². The second kappa shape index (κ2) is 7.96. The van der Waals surface area contributed by atoms with E-state index in [1.807, 2.05) is 0 Å². The van der Waals surface area contributed by atoms with Gasteiger partial charge in [0.25, 0.3) is 0 Å². The molecule has 1 unspecified atom stereocenters. The molecule has 0 aromatic heterocycles. The van der Waals surface area contributed by atoms with Gasteiger partial charge in [-0.05, 0) is 44.0 Å². The summed E-state index contributed by atoms with van der Waals surface area (Å²) in [5.74, 6) is 0. The molecule has 0 spiro atoms. The second-order valence-electron chi connectivity index (χ2n) is 5.58. The van der Waals surface area contributed by atoms with E-state index >= 15 is 0 Å². The Balaban J connectivity index is 1.97. The fourth-order valence-electron chi connectivity index (χ4n) is 2.83. The van der Waals surface area contributed by atoms with Crippen LogP contribution >= 0.6 is 11.8 Å². The van der Waals surface area contributed by atoms with E-state index in [-0.39, 0.29) is 0 Å². The standard InChI is InChI=1S/C17H27NS/c1-3-18-14(2)15-9-8-12-17(13-15)19-16-10-6-4-5-7-11-16/h8-9,12-14,16,18H,3-7,10-11H2,1-2H3. The average Bonchev–Trinajstić information content (AvgIpc) is 2.68. The van der Waals surface area contributed by atoms with E-state index in [2.05, 4.69) is 55.2 Å². The first-order chi connectivity index (χ1) is 9.29. The zero-order valence-corrected chi connectivity index (χ0v) is 13.1. The largest absolute Gasteiger partial charge is 0.310 e. The number of rotatable bonds is 5. The van der Waals surface area contributed by atoms with Gasteiger partial charge in [0.1, 0.15) is 0 Å². The van der Waals surface area contributed by atoms with E-state index < -0.39 is 0 Å². The maximum atomic E-state index is 3.49. The van der Waals surface area contributed by atoms with Crippen LogP contribution in [0.5, 0.6) is 0 Å². The van der Waals surface area contributed by atoms with Gasteiger partial charge in [0.05, 0.1) is 0 Å². The minimum Gasteiger partial charge on any atom is -0.310 e. The van der Waals surface area contributed by atoms with Crippen LogP contribution in [0.15, 0.2) is 29.2 Å². The van der Waals surface area contributed by atoms with E-state index in [1.54, 1.807) is 0 Å². The van der Waals surface area contributed by atoms with Crippen LogP contribution in [0.4, 0.5) is 0 Å². The van der Waals surface area contributed by atoms with Crippen molar-refractivity contribution in [2.45, 2.75) is 68.6 Å². The summed E-state index contributed by atoms with van der Waals surface area (Å²) in [4.78, 5) is 1.45. The molecule has 1 aliphatic rings. The molecule has 1 aromatic carbocycles. The molecule has 0 amide bonds. The van der Waals surface area contributed by atoms with Gasteiger partial charge in [-0.15, -0.1) is 11.8 Å². The minimum atomic E-state index is 0.458. The molecule has 1 atom stereocenters. The Bertz CT molecular complexity index is 369. The molecule has 1 N–H and O–H groups in total. The van der Waals surface area contributed by atoms with Crippen molar-refractivity contribution < 1.29 is 0 Å². The lowest BCUT2D eigenvalue weighted by atomic mass is 10.1. The number of hydrogen-bond donors (Lipinski definition) is 1. The maximum Gasteiger partial charge on any atom is 0.0292 e. The molecule has 2 heteroatoms. The van der Waals surface area contributed by atoms with E-state index in [0.717, 1.165) is 11.8 Å². The topological polar surface area (TPSA) is 12.0 Å². The van der Waals surface area contributed by atoms with Crippen LogP contribution in [0.25, 0.3) is 0 Å². The monoisotopic (exact) mass is 277 g/mol. The van der Waals surface area contributed by atoms with Gasteiger partial charge in [-0.2, -0.15) is 0 Å². The Morgan fingerprint density at radius 2 is 1.95 bits per heavy atom. The summed E-state index contributed by atoms with van der Waals surface area (Å²) in [6, 6.07) is 9.56. The van der Waals surface area contributed by atoms with Crippen molar-refractivity contribution in [1.29, 1.82) is 0 Å². The first-order valence-electron chi connectivity index (χ1n) is 7.79. The third kappa shape index (κ3) is 4.85. The SMILES string of the molecule is CCNC(C)c1cccc(SC2CCCCCC2)c1. The molecule has 1 fully saturated rings. The zero-order chi connectivity index (χ0) is 13.5. The Kier molecular flexibility index (Phi) is 6.25. The summed E-state index contributed by atoms with van der Waals surface area (Å²) in [6.45, 7) is 5.45. The van der Waals surface area contributed by atoms with Crippen molar-refractivity contribution in [2.75, 3.05) is 6.54 Å². The number of hydrogen-bond acceptors (Lipinski definition) is 2. The fourth-order valence-corrected chi connectivity index (χ4v) is 4.15. The van der Waals surface area contributed by atoms with Crippen LogP contribution in [0.2, 0.25) is 0 Å². The molecular weight excluding hydrogens is 250 g/mol. The Labute approximate surface area is 122 Å². The molecule has 2 rings (SSSR count). The Hall–Kier alpha value is -0.470. The zero-order valence-electron chi connectivity index (χ0n) is 12.3. The summed E-state index contributed by atoms with van der Waals surface area (Å²) in [6.07, 6.45) is 8.52. The third-order valence-corrected chi connectivity index (χ3v) is 5.30. The molecule has 1 nitrogen and oxygen atoms in total. The van der Waals surface area contributed by atoms with Crippen molar-refractivity contribution in [3.05, 3.63) is 29.8 Å². The molecule has 0 aliphatic heterocycles. The van der Waals surface area contributed by atoms with E-state index in [0.29, 0.717) is 6.04 Å². The molecule has 1 saturated carbocycles. The first kappa shape index (κ1) is 14.9. The van der Waals surface area contributed by atoms with E-state index in [1.165, 1.54) is 49.0 Å². The summed E-state index contributed by atoms with van der Waals surface area (Å²) in [5, 5.41) is 4.33. The van der Waals surface area contributed by atoms with Gasteiger partial charge in [-0.25, -0.2) is 0 Å². The molecule has 0 saturated heterocycles. The molecule has 1 aliphatic carbocycles. The highest BCUT2D eigenvalue weighted by Gasteiger charge is 2.14. The molecule has 0 radical (unpaired) electrons. The quantitative estimate of drug-likeness (QED) is 0.745. The van der Waals surface area contributed by atoms with Gasteiger partial charge in [0, 0.05) is 16.2 Å². The lowest BCUT2D eigenvalue weighted by Crippen LogP contribution is -2.17. The number of nitrogens with one attached hydrogen (secondary N) is 1. The summed E-state index contributed by atoms with van der Waals surface area (Å²) < 4.78 is 0. The summed E-state index contributed by atoms with van der Waals surface area (Å²) in [7, 11) is 0. The van der Waals surface area contributed by atoms with Gasteiger partial charge in [0.2, 0.25) is 0 Å². The highest BCUT2D eigenvalue weighted by atomic mass is 32.2. The maximum absolute atomic E-state index is 3.49. The summed E-state index contributed by atoms with van der Waals surface area (Å²) >= 11 is 2.10. The van der Waals surface area contributed by atoms with Gasteiger partial charge < -0.3 is 5.32 Å². The normalized spacial score (nSPS) is 19.1. The Morgan fingerprint density at radius 1 is 1.21 bits per heavy atom. The second-order valence-corrected chi connectivity index (χ2v) is 6.96. The molecule has 0 heterocycles. The summed E-state index contributed by atoms with van der Waals surface area (Å²) in [5.41, 5.74) is 1.42. The van der Waals surface area contributed by atoms with Crippen molar-refractivity contribution >= 4 is 11.8 Å². The van der Waals surface area contributed by atoms with Gasteiger partial charge >= 0.3 is 0 Å². The van der Waals surface area contributed by atoms with E-state index in [4.69, 9.17) is 0 Å². The highest BCUT2D eigenvalue weighted by Crippen LogP contribution is 2.33. The van der Waals surface area contributed by atoms with Crippen LogP contribution < -0.4 is 5.32 Å². The highest BCUT2D eigenvalue weighted by molar-refractivity contribution is 8.00. The lowest BCUT2D eigenvalue weighted by Gasteiger charge is -2.16. The molecule has 1 aromatic rings. The Morgan fingerprint density at radius 3 is 2.63 bits per heavy atom. The van der Waals surface area contributed by atoms with Crippen molar-refractivity contribution in [3.8, 4) is 0 Å². The minimum absolute atomic E-state index is 0.458. The van der Waals surface area contributed by atoms with Crippen LogP contribution in [-0.2, 0) is 0 Å². The predicted molar refractivity (Wildman–Crippen MR) is 85.9 cm³/mol. The predicted octanol–water partition coefficient (Wildman–Crippen LogP) is 5.17. The van der Waals surface area contributed by atoms with Crippen LogP contribution in [-0.4, -0.2) is 11.8 Å². The van der Waals surface area contributed by atoms with Gasteiger partial charge in [-0.1, -0.05) is 44.7 Å². The third-order valence-electron chi connectivity index (χ3n) is 3.97. The fraction of sp³-hybridized carbons (Fsp3) is 0.647. The first-order valence-corrected chi connectivity index (χ1v) is 8.67. The van der Waals surface area contributed by atoms with Crippen LogP contribution in [0.3, 0.4) is 0 Å². The van der Waals surface area contributed by atoms with Crippen molar-refractivity contribution in [3.63, 3.8) is 0 Å². The van der Waals surface area contributed by atoms with Crippen LogP contribution in [0.1, 0.15) is 64.0 Å². The molecule has 106 valence electrons.